The van der Waals surface area contributed by atoms with Crippen molar-refractivity contribution >= 4 is 11.9 Å². The molecule has 128 valence electrons. The van der Waals surface area contributed by atoms with Crippen molar-refractivity contribution in [3.63, 3.8) is 0 Å². The number of carbonyl (C=O) groups excluding carboxylic acids is 2. The van der Waals surface area contributed by atoms with E-state index in [1.54, 1.807) is 19.9 Å². The van der Waals surface area contributed by atoms with Crippen molar-refractivity contribution in [1.82, 2.24) is 0 Å². The summed E-state index contributed by atoms with van der Waals surface area (Å²) >= 11 is 0. The Hall–Kier alpha value is -2.10. The van der Waals surface area contributed by atoms with E-state index in [1.165, 1.54) is 0 Å². The maximum absolute atomic E-state index is 12.5. The summed E-state index contributed by atoms with van der Waals surface area (Å²) in [5, 5.41) is 0. The Kier molecular flexibility index (Phi) is 4.02. The van der Waals surface area contributed by atoms with Gasteiger partial charge in [-0.25, -0.2) is 9.59 Å². The molecule has 0 aromatic carbocycles. The number of rotatable bonds is 2. The molecule has 0 N–H and O–H groups in total. The van der Waals surface area contributed by atoms with E-state index < -0.39 is 6.10 Å². The van der Waals surface area contributed by atoms with E-state index >= 15 is 0 Å². The number of allylic oxidation sites excluding steroid dienone is 3. The number of hydrogen-bond acceptors (Lipinski definition) is 4. The van der Waals surface area contributed by atoms with Crippen LogP contribution in [-0.4, -0.2) is 18.0 Å². The Morgan fingerprint density at radius 3 is 2.83 bits per heavy atom. The molecule has 3 atom stereocenters. The van der Waals surface area contributed by atoms with Crippen LogP contribution in [0.5, 0.6) is 0 Å². The lowest BCUT2D eigenvalue weighted by molar-refractivity contribution is -0.148. The molecule has 3 aliphatic rings. The predicted molar refractivity (Wildman–Crippen MR) is 90.8 cm³/mol. The topological polar surface area (TPSA) is 52.6 Å². The third-order valence-electron chi connectivity index (χ3n) is 5.86. The van der Waals surface area contributed by atoms with Crippen LogP contribution in [0, 0.1) is 11.3 Å². The lowest BCUT2D eigenvalue weighted by Gasteiger charge is -2.47. The van der Waals surface area contributed by atoms with Gasteiger partial charge in [0.1, 0.15) is 11.9 Å². The lowest BCUT2D eigenvalue weighted by Crippen LogP contribution is -2.47. The van der Waals surface area contributed by atoms with Gasteiger partial charge in [0.25, 0.3) is 0 Å². The van der Waals surface area contributed by atoms with Gasteiger partial charge >= 0.3 is 11.9 Å². The second-order valence-corrected chi connectivity index (χ2v) is 7.11. The first-order valence-corrected chi connectivity index (χ1v) is 8.50. The lowest BCUT2D eigenvalue weighted by atomic mass is 9.59. The highest BCUT2D eigenvalue weighted by atomic mass is 16.6. The smallest absolute Gasteiger partial charge is 0.339 e. The summed E-state index contributed by atoms with van der Waals surface area (Å²) in [5.74, 6) is 0.165. The van der Waals surface area contributed by atoms with Gasteiger partial charge in [0.05, 0.1) is 0 Å². The van der Waals surface area contributed by atoms with Crippen LogP contribution in [0.15, 0.2) is 46.3 Å². The average molecular weight is 328 g/mol. The Labute approximate surface area is 142 Å². The molecule has 0 amide bonds. The van der Waals surface area contributed by atoms with E-state index in [4.69, 9.17) is 9.47 Å². The molecular formula is C20H24O4. The Morgan fingerprint density at radius 1 is 1.46 bits per heavy atom. The van der Waals surface area contributed by atoms with Crippen LogP contribution in [0.1, 0.15) is 47.5 Å². The van der Waals surface area contributed by atoms with Gasteiger partial charge < -0.3 is 9.47 Å². The molecule has 3 rings (SSSR count). The van der Waals surface area contributed by atoms with Gasteiger partial charge in [-0.3, -0.25) is 0 Å². The first-order chi connectivity index (χ1) is 11.3. The van der Waals surface area contributed by atoms with Gasteiger partial charge in [-0.05, 0) is 51.2 Å². The van der Waals surface area contributed by atoms with Gasteiger partial charge in [0, 0.05) is 22.1 Å². The van der Waals surface area contributed by atoms with Crippen molar-refractivity contribution in [3.05, 3.63) is 46.3 Å². The van der Waals surface area contributed by atoms with Gasteiger partial charge in [-0.15, -0.1) is 0 Å². The number of carbonyl (C=O) groups is 2. The standard InChI is InChI=1S/C20H24O4/c1-6-11(2)18(21)24-17-16-13(4)19(22)23-15(16)10-14-9-7-8-12(3)20(14,17)5/h6,9-10,12,17H,7-8H2,1-5H3/b11-6-/t12-,17+,20+/m0/s1. The van der Waals surface area contributed by atoms with Crippen molar-refractivity contribution in [2.45, 2.75) is 53.6 Å². The summed E-state index contributed by atoms with van der Waals surface area (Å²) in [5.41, 5.74) is 2.57. The maximum atomic E-state index is 12.5. The summed E-state index contributed by atoms with van der Waals surface area (Å²) in [6, 6.07) is 0. The average Bonchev–Trinajstić information content (AvgIpc) is 2.83. The van der Waals surface area contributed by atoms with Gasteiger partial charge in [0.2, 0.25) is 0 Å². The van der Waals surface area contributed by atoms with Crippen molar-refractivity contribution in [2.24, 2.45) is 11.3 Å². The largest absolute Gasteiger partial charge is 0.453 e. The van der Waals surface area contributed by atoms with Crippen molar-refractivity contribution in [1.29, 1.82) is 0 Å². The van der Waals surface area contributed by atoms with Crippen LogP contribution in [0.25, 0.3) is 0 Å². The summed E-state index contributed by atoms with van der Waals surface area (Å²) < 4.78 is 11.3. The highest BCUT2D eigenvalue weighted by Crippen LogP contribution is 2.54. The minimum Gasteiger partial charge on any atom is -0.453 e. The zero-order valence-corrected chi connectivity index (χ0v) is 14.9. The molecule has 0 aromatic heterocycles. The third kappa shape index (κ3) is 2.27. The fourth-order valence-corrected chi connectivity index (χ4v) is 3.82. The Balaban J connectivity index is 2.15. The third-order valence-corrected chi connectivity index (χ3v) is 5.86. The predicted octanol–water partition coefficient (Wildman–Crippen LogP) is 4.00. The normalized spacial score (nSPS) is 32.5. The Bertz CT molecular complexity index is 735. The van der Waals surface area contributed by atoms with Crippen molar-refractivity contribution in [2.75, 3.05) is 0 Å². The SMILES string of the molecule is C/C=C(/C)C(=O)O[C@@H]1C2=C(C)C(=O)OC2=CC2=CCC[C@H](C)[C@]21C. The van der Waals surface area contributed by atoms with Crippen LogP contribution in [0.2, 0.25) is 0 Å². The van der Waals surface area contributed by atoms with Crippen LogP contribution < -0.4 is 0 Å². The number of fused-ring (bicyclic) bond motifs is 2. The fraction of sp³-hybridized carbons (Fsp3) is 0.500. The van der Waals surface area contributed by atoms with E-state index in [1.807, 2.05) is 13.0 Å². The monoisotopic (exact) mass is 328 g/mol. The minimum atomic E-state index is -0.507. The zero-order valence-electron chi connectivity index (χ0n) is 14.9. The molecule has 1 aliphatic heterocycles. The molecule has 0 fully saturated rings. The quantitative estimate of drug-likeness (QED) is 0.568. The second kappa shape index (κ2) is 5.76. The molecule has 24 heavy (non-hydrogen) atoms. The second-order valence-electron chi connectivity index (χ2n) is 7.11. The summed E-state index contributed by atoms with van der Waals surface area (Å²) in [6.07, 6.45) is 7.37. The molecule has 0 saturated carbocycles. The number of hydrogen-bond donors (Lipinski definition) is 0. The van der Waals surface area contributed by atoms with Crippen molar-refractivity contribution < 1.29 is 19.1 Å². The fourth-order valence-electron chi connectivity index (χ4n) is 3.82. The molecule has 2 aliphatic carbocycles. The van der Waals surface area contributed by atoms with Crippen LogP contribution in [0.3, 0.4) is 0 Å². The molecule has 4 nitrogen and oxygen atoms in total. The number of ether oxygens (including phenoxy) is 2. The highest BCUT2D eigenvalue weighted by Gasteiger charge is 2.53. The molecular weight excluding hydrogens is 304 g/mol. The van der Waals surface area contributed by atoms with E-state index in [-0.39, 0.29) is 17.4 Å². The molecule has 0 spiro atoms. The first-order valence-electron chi connectivity index (χ1n) is 8.50. The molecule has 0 aromatic rings. The molecule has 0 radical (unpaired) electrons. The summed E-state index contributed by atoms with van der Waals surface area (Å²) in [7, 11) is 0. The minimum absolute atomic E-state index is 0.329. The molecule has 0 bridgehead atoms. The Morgan fingerprint density at radius 2 is 2.17 bits per heavy atom. The van der Waals surface area contributed by atoms with Crippen LogP contribution in [0.4, 0.5) is 0 Å². The van der Waals surface area contributed by atoms with Gasteiger partial charge in [-0.1, -0.05) is 26.0 Å². The summed E-state index contributed by atoms with van der Waals surface area (Å²) in [4.78, 5) is 24.5. The maximum Gasteiger partial charge on any atom is 0.339 e. The highest BCUT2D eigenvalue weighted by molar-refractivity contribution is 5.95. The van der Waals surface area contributed by atoms with E-state index in [9.17, 15) is 9.59 Å². The van der Waals surface area contributed by atoms with Gasteiger partial charge in [-0.2, -0.15) is 0 Å². The van der Waals surface area contributed by atoms with E-state index in [0.29, 0.717) is 22.8 Å². The number of esters is 2. The zero-order chi connectivity index (χ0) is 17.6. The molecule has 0 saturated heterocycles. The van der Waals surface area contributed by atoms with E-state index in [0.717, 1.165) is 24.0 Å². The van der Waals surface area contributed by atoms with Crippen LogP contribution in [-0.2, 0) is 19.1 Å². The van der Waals surface area contributed by atoms with Gasteiger partial charge in [0.15, 0.2) is 0 Å². The first kappa shape index (κ1) is 16.7. The molecule has 1 heterocycles. The summed E-state index contributed by atoms with van der Waals surface area (Å²) in [6.45, 7) is 9.60. The van der Waals surface area contributed by atoms with E-state index in [2.05, 4.69) is 19.9 Å². The van der Waals surface area contributed by atoms with Crippen LogP contribution >= 0.6 is 0 Å². The molecule has 0 unspecified atom stereocenters. The van der Waals surface area contributed by atoms with Crippen molar-refractivity contribution in [3.8, 4) is 0 Å². The molecule has 4 heteroatoms.